The molecule has 0 saturated carbocycles. The van der Waals surface area contributed by atoms with Gasteiger partial charge >= 0.3 is 11.8 Å². The number of carbonyl (C=O) groups is 2. The third-order valence-electron chi connectivity index (χ3n) is 3.86. The molecular formula is C18H20N4O4. The number of hydrazone groups is 1. The van der Waals surface area contributed by atoms with E-state index in [1.165, 1.54) is 12.5 Å². The lowest BCUT2D eigenvalue weighted by Crippen LogP contribution is -2.37. The molecule has 0 unspecified atom stereocenters. The summed E-state index contributed by atoms with van der Waals surface area (Å²) >= 11 is 0. The van der Waals surface area contributed by atoms with Crippen LogP contribution in [0.4, 0.5) is 5.69 Å². The molecule has 8 nitrogen and oxygen atoms in total. The van der Waals surface area contributed by atoms with Crippen molar-refractivity contribution in [1.82, 2.24) is 10.7 Å². The van der Waals surface area contributed by atoms with Crippen LogP contribution >= 0.6 is 0 Å². The van der Waals surface area contributed by atoms with Crippen molar-refractivity contribution in [3.63, 3.8) is 0 Å². The summed E-state index contributed by atoms with van der Waals surface area (Å²) in [5.74, 6) is -1.05. The average molecular weight is 356 g/mol. The molecule has 1 aliphatic rings. The van der Waals surface area contributed by atoms with Gasteiger partial charge < -0.3 is 19.4 Å². The molecule has 2 N–H and O–H groups in total. The second-order valence-electron chi connectivity index (χ2n) is 5.65. The Labute approximate surface area is 150 Å². The molecule has 2 heterocycles. The maximum Gasteiger partial charge on any atom is 0.329 e. The Morgan fingerprint density at radius 3 is 2.58 bits per heavy atom. The zero-order chi connectivity index (χ0) is 18.2. The molecule has 0 radical (unpaired) electrons. The first-order valence-corrected chi connectivity index (χ1v) is 8.29. The van der Waals surface area contributed by atoms with Crippen molar-refractivity contribution in [3.05, 3.63) is 54.0 Å². The number of morpholine rings is 1. The molecule has 0 aliphatic carbocycles. The Morgan fingerprint density at radius 1 is 1.12 bits per heavy atom. The van der Waals surface area contributed by atoms with E-state index < -0.39 is 11.8 Å². The van der Waals surface area contributed by atoms with Crippen molar-refractivity contribution in [2.24, 2.45) is 5.10 Å². The first-order valence-electron chi connectivity index (χ1n) is 8.29. The van der Waals surface area contributed by atoms with Crippen LogP contribution in [0.3, 0.4) is 0 Å². The molecular weight excluding hydrogens is 336 g/mol. The Morgan fingerprint density at radius 2 is 1.88 bits per heavy atom. The first-order chi connectivity index (χ1) is 12.7. The summed E-state index contributed by atoms with van der Waals surface area (Å²) in [4.78, 5) is 25.6. The summed E-state index contributed by atoms with van der Waals surface area (Å²) in [7, 11) is 0. The van der Waals surface area contributed by atoms with Gasteiger partial charge in [0.1, 0.15) is 5.76 Å². The van der Waals surface area contributed by atoms with Gasteiger partial charge in [0.15, 0.2) is 0 Å². The molecule has 1 saturated heterocycles. The van der Waals surface area contributed by atoms with Gasteiger partial charge in [0, 0.05) is 18.8 Å². The fraction of sp³-hybridized carbons (Fsp3) is 0.278. The minimum absolute atomic E-state index is 0.145. The monoisotopic (exact) mass is 356 g/mol. The van der Waals surface area contributed by atoms with E-state index in [9.17, 15) is 9.59 Å². The summed E-state index contributed by atoms with van der Waals surface area (Å²) < 4.78 is 10.4. The van der Waals surface area contributed by atoms with Crippen molar-refractivity contribution in [3.8, 4) is 0 Å². The molecule has 136 valence electrons. The Bertz CT molecular complexity index is 750. The Hall–Kier alpha value is -3.13. The average Bonchev–Trinajstić information content (AvgIpc) is 3.21. The van der Waals surface area contributed by atoms with Crippen LogP contribution in [0.1, 0.15) is 11.3 Å². The molecule has 2 amide bonds. The van der Waals surface area contributed by atoms with Gasteiger partial charge in [-0.3, -0.25) is 9.59 Å². The molecule has 1 fully saturated rings. The summed E-state index contributed by atoms with van der Waals surface area (Å²) in [6.45, 7) is 3.35. The molecule has 1 aliphatic heterocycles. The number of anilines is 1. The minimum Gasteiger partial charge on any atom is -0.467 e. The topological polar surface area (TPSA) is 96.2 Å². The van der Waals surface area contributed by atoms with E-state index in [1.807, 2.05) is 24.3 Å². The van der Waals surface area contributed by atoms with Crippen LogP contribution in [0, 0.1) is 0 Å². The number of hydrogen-bond donors (Lipinski definition) is 2. The zero-order valence-corrected chi connectivity index (χ0v) is 14.2. The van der Waals surface area contributed by atoms with E-state index in [4.69, 9.17) is 9.15 Å². The molecule has 0 bridgehead atoms. The molecule has 26 heavy (non-hydrogen) atoms. The normalized spacial score (nSPS) is 14.4. The SMILES string of the molecule is O=C(NCc1ccco1)C(=O)N/N=C\c1ccc(N2CCOCC2)cc1. The predicted octanol–water partition coefficient (Wildman–Crippen LogP) is 0.883. The number of ether oxygens (including phenoxy) is 1. The number of furan rings is 1. The number of rotatable bonds is 5. The van der Waals surface area contributed by atoms with Gasteiger partial charge in [0.2, 0.25) is 0 Å². The number of nitrogens with one attached hydrogen (secondary N) is 2. The van der Waals surface area contributed by atoms with Gasteiger partial charge in [-0.05, 0) is 29.8 Å². The standard InChI is InChI=1S/C18H20N4O4/c23-17(19-13-16-2-1-9-26-16)18(24)21-20-12-14-3-5-15(6-4-14)22-7-10-25-11-8-22/h1-6,9,12H,7-8,10-11,13H2,(H,19,23)(H,21,24)/b20-12-. The molecule has 2 aromatic rings. The van der Waals surface area contributed by atoms with E-state index >= 15 is 0 Å². The van der Waals surface area contributed by atoms with Gasteiger partial charge in [-0.1, -0.05) is 12.1 Å². The molecule has 1 aromatic carbocycles. The van der Waals surface area contributed by atoms with Crippen molar-refractivity contribution in [1.29, 1.82) is 0 Å². The first kappa shape index (κ1) is 17.7. The number of amides is 2. The maximum absolute atomic E-state index is 11.7. The van der Waals surface area contributed by atoms with E-state index in [-0.39, 0.29) is 6.54 Å². The third kappa shape index (κ3) is 4.93. The molecule has 0 spiro atoms. The summed E-state index contributed by atoms with van der Waals surface area (Å²) in [6, 6.07) is 11.2. The lowest BCUT2D eigenvalue weighted by Gasteiger charge is -2.28. The molecule has 1 aromatic heterocycles. The van der Waals surface area contributed by atoms with Crippen LogP contribution in [0.15, 0.2) is 52.2 Å². The van der Waals surface area contributed by atoms with Gasteiger partial charge in [0.25, 0.3) is 0 Å². The van der Waals surface area contributed by atoms with Crippen LogP contribution in [0.5, 0.6) is 0 Å². The van der Waals surface area contributed by atoms with Gasteiger partial charge in [-0.25, -0.2) is 5.43 Å². The quantitative estimate of drug-likeness (QED) is 0.471. The molecule has 8 heteroatoms. The molecule has 3 rings (SSSR count). The van der Waals surface area contributed by atoms with Crippen LogP contribution < -0.4 is 15.6 Å². The van der Waals surface area contributed by atoms with E-state index in [1.54, 1.807) is 12.1 Å². The molecule has 0 atom stereocenters. The smallest absolute Gasteiger partial charge is 0.329 e. The predicted molar refractivity (Wildman–Crippen MR) is 95.8 cm³/mol. The van der Waals surface area contributed by atoms with Gasteiger partial charge in [-0.15, -0.1) is 0 Å². The lowest BCUT2D eigenvalue weighted by atomic mass is 10.2. The lowest BCUT2D eigenvalue weighted by molar-refractivity contribution is -0.139. The zero-order valence-electron chi connectivity index (χ0n) is 14.2. The fourth-order valence-corrected chi connectivity index (χ4v) is 2.47. The highest BCUT2D eigenvalue weighted by Gasteiger charge is 2.13. The van der Waals surface area contributed by atoms with Crippen molar-refractivity contribution in [2.75, 3.05) is 31.2 Å². The van der Waals surface area contributed by atoms with Crippen molar-refractivity contribution >= 4 is 23.7 Å². The van der Waals surface area contributed by atoms with Crippen molar-refractivity contribution < 1.29 is 18.7 Å². The summed E-state index contributed by atoms with van der Waals surface area (Å²) in [6.07, 6.45) is 2.98. The van der Waals surface area contributed by atoms with Crippen LogP contribution in [-0.2, 0) is 20.9 Å². The number of carbonyl (C=O) groups excluding carboxylic acids is 2. The van der Waals surface area contributed by atoms with E-state index in [0.29, 0.717) is 5.76 Å². The number of hydrogen-bond acceptors (Lipinski definition) is 6. The Balaban J connectivity index is 1.45. The highest BCUT2D eigenvalue weighted by atomic mass is 16.5. The fourth-order valence-electron chi connectivity index (χ4n) is 2.47. The highest BCUT2D eigenvalue weighted by molar-refractivity contribution is 6.35. The second kappa shape index (κ2) is 8.82. The highest BCUT2D eigenvalue weighted by Crippen LogP contribution is 2.15. The van der Waals surface area contributed by atoms with E-state index in [2.05, 4.69) is 20.7 Å². The van der Waals surface area contributed by atoms with Crippen LogP contribution in [0.2, 0.25) is 0 Å². The number of benzene rings is 1. The van der Waals surface area contributed by atoms with Crippen molar-refractivity contribution in [2.45, 2.75) is 6.54 Å². The van der Waals surface area contributed by atoms with Crippen LogP contribution in [-0.4, -0.2) is 44.3 Å². The largest absolute Gasteiger partial charge is 0.467 e. The summed E-state index contributed by atoms with van der Waals surface area (Å²) in [5.41, 5.74) is 4.14. The Kier molecular flexibility index (Phi) is 6.00. The number of nitrogens with zero attached hydrogens (tertiary/aromatic N) is 2. The summed E-state index contributed by atoms with van der Waals surface area (Å²) in [5, 5.41) is 6.25. The third-order valence-corrected chi connectivity index (χ3v) is 3.86. The van der Waals surface area contributed by atoms with Crippen LogP contribution in [0.25, 0.3) is 0 Å². The van der Waals surface area contributed by atoms with E-state index in [0.717, 1.165) is 37.6 Å². The second-order valence-corrected chi connectivity index (χ2v) is 5.65. The maximum atomic E-state index is 11.7. The minimum atomic E-state index is -0.835. The van der Waals surface area contributed by atoms with Gasteiger partial charge in [-0.2, -0.15) is 5.10 Å². The van der Waals surface area contributed by atoms with Gasteiger partial charge in [0.05, 0.1) is 32.2 Å².